The molecule has 262 valence electrons. The van der Waals surface area contributed by atoms with Crippen LogP contribution in [-0.2, 0) is 28.4 Å². The van der Waals surface area contributed by atoms with Gasteiger partial charge < -0.3 is 51.6 Å². The molecule has 47 heavy (non-hydrogen) atoms. The molecule has 3 aromatic carbocycles. The van der Waals surface area contributed by atoms with E-state index in [-0.39, 0.29) is 30.1 Å². The zero-order chi connectivity index (χ0) is 31.7. The Morgan fingerprint density at radius 2 is 1.30 bits per heavy atom. The average molecular weight is 713 g/mol. The molecular formula is C40H58FeN4P2-6. The Labute approximate surface area is 299 Å². The van der Waals surface area contributed by atoms with Gasteiger partial charge in [-0.3, -0.25) is 0 Å². The molecule has 6 fully saturated rings. The van der Waals surface area contributed by atoms with Crippen molar-refractivity contribution in [2.45, 2.75) is 87.1 Å². The number of hydrogen-bond donors (Lipinski definition) is 4. The van der Waals surface area contributed by atoms with Crippen LogP contribution < -0.4 is 21.3 Å². The molecule has 4 unspecified atom stereocenters. The number of nitrogens with one attached hydrogen (secondary N) is 4. The van der Waals surface area contributed by atoms with E-state index < -0.39 is 0 Å². The van der Waals surface area contributed by atoms with Gasteiger partial charge in [0.2, 0.25) is 0 Å². The second kappa shape index (κ2) is 15.6. The topological polar surface area (TPSA) is 48.1 Å². The van der Waals surface area contributed by atoms with E-state index in [4.69, 9.17) is 0 Å². The van der Waals surface area contributed by atoms with Gasteiger partial charge in [-0.1, -0.05) is 62.8 Å². The summed E-state index contributed by atoms with van der Waals surface area (Å²) in [6, 6.07) is 27.1. The third kappa shape index (κ3) is 7.75. The van der Waals surface area contributed by atoms with Gasteiger partial charge in [0.15, 0.2) is 0 Å². The van der Waals surface area contributed by atoms with E-state index >= 15 is 0 Å². The Morgan fingerprint density at radius 1 is 0.766 bits per heavy atom. The summed E-state index contributed by atoms with van der Waals surface area (Å²) >= 11 is 0. The summed E-state index contributed by atoms with van der Waals surface area (Å²) in [4.78, 5) is 0. The first kappa shape index (κ1) is 35.9. The van der Waals surface area contributed by atoms with Gasteiger partial charge in [-0.2, -0.15) is 17.2 Å². The molecule has 9 rings (SSSR count). The Hall–Kier alpha value is -0.861. The van der Waals surface area contributed by atoms with E-state index in [1.54, 1.807) is 17.5 Å². The first-order chi connectivity index (χ1) is 22.3. The van der Waals surface area contributed by atoms with Gasteiger partial charge in [0.25, 0.3) is 0 Å². The first-order valence-corrected chi connectivity index (χ1v) is 20.4. The van der Waals surface area contributed by atoms with Crippen LogP contribution in [0.4, 0.5) is 0 Å². The largest absolute Gasteiger partial charge is 0.748 e. The molecule has 7 heteroatoms. The minimum atomic E-state index is -0.163. The first-order valence-electron chi connectivity index (χ1n) is 18.3. The Bertz CT molecular complexity index is 1310. The molecule has 4 atom stereocenters. The molecule has 3 aromatic rings. The van der Waals surface area contributed by atoms with Gasteiger partial charge in [0, 0.05) is 73.6 Å². The number of benzene rings is 1. The maximum Gasteiger partial charge on any atom is 0.0319 e. The van der Waals surface area contributed by atoms with Crippen molar-refractivity contribution < 1.29 is 17.1 Å². The van der Waals surface area contributed by atoms with Crippen LogP contribution in [0.2, 0.25) is 0 Å². The summed E-state index contributed by atoms with van der Waals surface area (Å²) in [5.74, 6) is 4.05. The second-order valence-corrected chi connectivity index (χ2v) is 20.2. The molecule has 4 saturated carbocycles. The van der Waals surface area contributed by atoms with Gasteiger partial charge in [-0.25, -0.2) is 6.07 Å². The van der Waals surface area contributed by atoms with Crippen LogP contribution in [0.15, 0.2) is 72.8 Å². The molecule has 4 N–H and O–H groups in total. The quantitative estimate of drug-likeness (QED) is 0.118. The molecule has 2 saturated heterocycles. The fourth-order valence-electron chi connectivity index (χ4n) is 10.2. The van der Waals surface area contributed by atoms with Crippen LogP contribution in [-0.4, -0.2) is 62.2 Å². The van der Waals surface area contributed by atoms with Gasteiger partial charge in [0.1, 0.15) is 0 Å². The normalized spacial score (nSPS) is 32.0. The van der Waals surface area contributed by atoms with Gasteiger partial charge in [-0.15, -0.1) is 22.7 Å². The monoisotopic (exact) mass is 712 g/mol. The maximum atomic E-state index is 3.97. The number of hydrogen-bond acceptors (Lipinski definition) is 4. The molecule has 0 spiro atoms. The van der Waals surface area contributed by atoms with Crippen LogP contribution in [0, 0.1) is 23.7 Å². The number of piperazine rings is 2. The van der Waals surface area contributed by atoms with Crippen LogP contribution in [0.5, 0.6) is 0 Å². The molecule has 2 aliphatic heterocycles. The summed E-state index contributed by atoms with van der Waals surface area (Å²) in [6.07, 6.45) is 8.92. The van der Waals surface area contributed by atoms with Gasteiger partial charge >= 0.3 is 0 Å². The SMILES string of the molecule is CC(C)(C)P(C[c-]1cc(-c2ccccc2)cc1C(P)(C1CNCCN1)C1CNCCN1)C1C2CC3CC(C2)CC1C3.[Fe].[cH-]1[cH-][cH-][cH-][cH-]1. The molecule has 6 aliphatic rings. The Kier molecular flexibility index (Phi) is 11.9. The zero-order valence-electron chi connectivity index (χ0n) is 28.8. The van der Waals surface area contributed by atoms with Crippen molar-refractivity contribution in [1.29, 1.82) is 0 Å². The van der Waals surface area contributed by atoms with Crippen molar-refractivity contribution in [3.05, 3.63) is 83.9 Å². The van der Waals surface area contributed by atoms with E-state index in [1.165, 1.54) is 43.0 Å². The minimum Gasteiger partial charge on any atom is -0.748 e. The van der Waals surface area contributed by atoms with Crippen molar-refractivity contribution >= 4 is 17.2 Å². The summed E-state index contributed by atoms with van der Waals surface area (Å²) in [5, 5.41) is 15.7. The van der Waals surface area contributed by atoms with Crippen LogP contribution in [0.25, 0.3) is 11.1 Å². The van der Waals surface area contributed by atoms with E-state index in [1.807, 2.05) is 30.3 Å². The van der Waals surface area contributed by atoms with E-state index in [2.05, 4.69) is 93.7 Å². The van der Waals surface area contributed by atoms with E-state index in [0.29, 0.717) is 17.2 Å². The van der Waals surface area contributed by atoms with Crippen LogP contribution >= 0.6 is 17.2 Å². The van der Waals surface area contributed by atoms with Crippen LogP contribution in [0.1, 0.15) is 64.0 Å². The maximum absolute atomic E-state index is 3.97. The fourth-order valence-corrected chi connectivity index (χ4v) is 14.6. The predicted octanol–water partition coefficient (Wildman–Crippen LogP) is 7.27. The smallest absolute Gasteiger partial charge is 0.0319 e. The van der Waals surface area contributed by atoms with Gasteiger partial charge in [-0.05, 0) is 66.6 Å². The van der Waals surface area contributed by atoms with Crippen molar-refractivity contribution in [1.82, 2.24) is 21.3 Å². The minimum absolute atomic E-state index is 0. The van der Waals surface area contributed by atoms with Crippen molar-refractivity contribution in [2.24, 2.45) is 23.7 Å². The Morgan fingerprint density at radius 3 is 1.77 bits per heavy atom. The van der Waals surface area contributed by atoms with Crippen molar-refractivity contribution in [3.63, 3.8) is 0 Å². The molecule has 2 heterocycles. The van der Waals surface area contributed by atoms with Crippen molar-refractivity contribution in [3.8, 4) is 11.1 Å². The molecule has 4 aliphatic carbocycles. The standard InChI is InChI=1S/C35H53N4P2.C5H5.Fe/c1-34(2,3)41(33-27-14-23-13-24(16-27)17-28(33)15-23)22-29-18-26(25-7-5-4-6-8-25)19-30(29)35(40,31-20-36-9-11-38-31)32-21-37-10-12-39-32;1-2-4-5-3-1;/h4-8,18-19,23-24,27-28,31-33,36-39H,9-17,20-22,40H2,1-3H3;1-5H;/q-1;-5;. The third-order valence-electron chi connectivity index (χ3n) is 12.1. The molecule has 4 bridgehead atoms. The van der Waals surface area contributed by atoms with Gasteiger partial charge in [0.05, 0.1) is 0 Å². The third-order valence-corrected chi connectivity index (χ3v) is 17.2. The van der Waals surface area contributed by atoms with Crippen LogP contribution in [0.3, 0.4) is 0 Å². The van der Waals surface area contributed by atoms with Crippen molar-refractivity contribution in [2.75, 3.05) is 39.3 Å². The number of rotatable bonds is 7. The summed E-state index contributed by atoms with van der Waals surface area (Å²) < 4.78 is 0. The summed E-state index contributed by atoms with van der Waals surface area (Å²) in [5.41, 5.74) is 6.91. The Balaban J connectivity index is 0.000000591. The average Bonchev–Trinajstić information content (AvgIpc) is 3.79. The van der Waals surface area contributed by atoms with E-state index in [0.717, 1.165) is 68.6 Å². The predicted molar refractivity (Wildman–Crippen MR) is 201 cm³/mol. The molecule has 0 aromatic heterocycles. The second-order valence-electron chi connectivity index (χ2n) is 16.1. The zero-order valence-corrected chi connectivity index (χ0v) is 32.0. The molecule has 0 amide bonds. The molecule has 0 radical (unpaired) electrons. The molecule has 4 nitrogen and oxygen atoms in total. The van der Waals surface area contributed by atoms with E-state index in [9.17, 15) is 0 Å². The fraction of sp³-hybridized carbons (Fsp3) is 0.600. The summed E-state index contributed by atoms with van der Waals surface area (Å²) in [6.45, 7) is 13.9. The summed E-state index contributed by atoms with van der Waals surface area (Å²) in [7, 11) is 3.30. The molecular weight excluding hydrogens is 654 g/mol.